The maximum atomic E-state index is 12.5. The van der Waals surface area contributed by atoms with Gasteiger partial charge in [0.25, 0.3) is 10.0 Å². The molecule has 9 nitrogen and oxygen atoms in total. The van der Waals surface area contributed by atoms with Gasteiger partial charge in [-0.05, 0) is 54.6 Å². The monoisotopic (exact) mass is 436 g/mol. The quantitative estimate of drug-likeness (QED) is 0.491. The standard InChI is InChI=1S/C18H16N2O7S2/c21-18(22)13-6-8-16(9-7-13)29(25,26)20-14-3-1-5-17(11-14)28(23,24)19-12-15-4-2-10-27-15/h1-11,19-20H,12H2,(H,21,22). The number of anilines is 1. The summed E-state index contributed by atoms with van der Waals surface area (Å²) in [5, 5.41) is 8.89. The summed E-state index contributed by atoms with van der Waals surface area (Å²) >= 11 is 0. The first-order valence-electron chi connectivity index (χ1n) is 8.16. The van der Waals surface area contributed by atoms with Gasteiger partial charge in [-0.1, -0.05) is 6.07 Å². The van der Waals surface area contributed by atoms with Crippen molar-refractivity contribution >= 4 is 31.7 Å². The fraction of sp³-hybridized carbons (Fsp3) is 0.0556. The van der Waals surface area contributed by atoms with Crippen LogP contribution in [0.25, 0.3) is 0 Å². The molecule has 0 unspecified atom stereocenters. The lowest BCUT2D eigenvalue weighted by Crippen LogP contribution is -2.23. The Balaban J connectivity index is 1.78. The zero-order chi connectivity index (χ0) is 21.1. The number of nitrogens with one attached hydrogen (secondary N) is 2. The van der Waals surface area contributed by atoms with Crippen LogP contribution in [0, 0.1) is 0 Å². The predicted octanol–water partition coefficient (Wildman–Crippen LogP) is 2.26. The molecule has 152 valence electrons. The van der Waals surface area contributed by atoms with Crippen molar-refractivity contribution in [3.63, 3.8) is 0 Å². The molecule has 3 aromatic rings. The van der Waals surface area contributed by atoms with E-state index in [0.717, 1.165) is 24.3 Å². The van der Waals surface area contributed by atoms with E-state index in [-0.39, 0.29) is 27.6 Å². The molecule has 3 rings (SSSR count). The number of benzene rings is 2. The molecule has 0 bridgehead atoms. The van der Waals surface area contributed by atoms with Crippen molar-refractivity contribution in [3.8, 4) is 0 Å². The van der Waals surface area contributed by atoms with Gasteiger partial charge in [0.15, 0.2) is 0 Å². The Bertz CT molecular complexity index is 1220. The number of rotatable bonds is 8. The Kier molecular flexibility index (Phi) is 5.73. The Hall–Kier alpha value is -3.15. The number of furan rings is 1. The minimum Gasteiger partial charge on any atom is -0.478 e. The number of aromatic carboxylic acids is 1. The average Bonchev–Trinajstić information content (AvgIpc) is 3.20. The summed E-state index contributed by atoms with van der Waals surface area (Å²) in [6, 6.07) is 13.2. The lowest BCUT2D eigenvalue weighted by Gasteiger charge is -2.10. The normalized spacial score (nSPS) is 11.9. The van der Waals surface area contributed by atoms with Gasteiger partial charge in [-0.3, -0.25) is 4.72 Å². The van der Waals surface area contributed by atoms with E-state index in [4.69, 9.17) is 9.52 Å². The molecule has 0 aliphatic rings. The van der Waals surface area contributed by atoms with Gasteiger partial charge in [0.05, 0.1) is 33.8 Å². The Morgan fingerprint density at radius 3 is 2.24 bits per heavy atom. The largest absolute Gasteiger partial charge is 0.478 e. The molecule has 0 amide bonds. The number of sulfonamides is 2. The van der Waals surface area contributed by atoms with Crippen molar-refractivity contribution in [2.75, 3.05) is 4.72 Å². The van der Waals surface area contributed by atoms with Gasteiger partial charge in [-0.15, -0.1) is 0 Å². The molecule has 0 aliphatic carbocycles. The third-order valence-corrected chi connectivity index (χ3v) is 6.62. The molecule has 29 heavy (non-hydrogen) atoms. The molecular formula is C18H16N2O7S2. The average molecular weight is 436 g/mol. The molecule has 1 aromatic heterocycles. The molecule has 2 aromatic carbocycles. The fourth-order valence-corrected chi connectivity index (χ4v) is 4.47. The maximum Gasteiger partial charge on any atom is 0.335 e. The molecule has 0 saturated carbocycles. The number of carbonyl (C=O) groups is 1. The van der Waals surface area contributed by atoms with Gasteiger partial charge in [-0.2, -0.15) is 0 Å². The summed E-state index contributed by atoms with van der Waals surface area (Å²) in [6.45, 7) is -0.0544. The third-order valence-electron chi connectivity index (χ3n) is 3.82. The van der Waals surface area contributed by atoms with Crippen LogP contribution in [0.15, 0.2) is 81.1 Å². The van der Waals surface area contributed by atoms with Crippen LogP contribution in [0.2, 0.25) is 0 Å². The summed E-state index contributed by atoms with van der Waals surface area (Å²) < 4.78 is 59.6. The summed E-state index contributed by atoms with van der Waals surface area (Å²) in [7, 11) is -7.94. The Labute approximate surface area is 167 Å². The second-order valence-electron chi connectivity index (χ2n) is 5.87. The van der Waals surface area contributed by atoms with Crippen LogP contribution in [0.4, 0.5) is 5.69 Å². The van der Waals surface area contributed by atoms with Gasteiger partial charge in [0.1, 0.15) is 5.76 Å². The highest BCUT2D eigenvalue weighted by Gasteiger charge is 2.18. The molecule has 11 heteroatoms. The molecule has 0 atom stereocenters. The van der Waals surface area contributed by atoms with E-state index in [1.54, 1.807) is 12.1 Å². The lowest BCUT2D eigenvalue weighted by molar-refractivity contribution is 0.0696. The molecule has 0 saturated heterocycles. The lowest BCUT2D eigenvalue weighted by atomic mass is 10.2. The van der Waals surface area contributed by atoms with Crippen molar-refractivity contribution < 1.29 is 31.2 Å². The minimum atomic E-state index is -4.04. The maximum absolute atomic E-state index is 12.5. The minimum absolute atomic E-state index is 0.0354. The van der Waals surface area contributed by atoms with Crippen LogP contribution in [-0.2, 0) is 26.6 Å². The molecule has 0 aliphatic heterocycles. The molecule has 0 fully saturated rings. The van der Waals surface area contributed by atoms with E-state index in [9.17, 15) is 21.6 Å². The summed E-state index contributed by atoms with van der Waals surface area (Å²) in [4.78, 5) is 10.6. The molecule has 3 N–H and O–H groups in total. The van der Waals surface area contributed by atoms with Crippen molar-refractivity contribution in [1.29, 1.82) is 0 Å². The number of hydrogen-bond acceptors (Lipinski definition) is 6. The van der Waals surface area contributed by atoms with Crippen LogP contribution in [0.3, 0.4) is 0 Å². The van der Waals surface area contributed by atoms with Gasteiger partial charge in [-0.25, -0.2) is 26.4 Å². The number of carboxylic acid groups (broad SMARTS) is 1. The van der Waals surface area contributed by atoms with Gasteiger partial charge in [0.2, 0.25) is 10.0 Å². The SMILES string of the molecule is O=C(O)c1ccc(S(=O)(=O)Nc2cccc(S(=O)(=O)NCc3ccco3)c2)cc1. The van der Waals surface area contributed by atoms with E-state index < -0.39 is 26.0 Å². The molecular weight excluding hydrogens is 420 g/mol. The van der Waals surface area contributed by atoms with Crippen LogP contribution < -0.4 is 9.44 Å². The van der Waals surface area contributed by atoms with Crippen molar-refractivity contribution in [3.05, 3.63) is 78.3 Å². The van der Waals surface area contributed by atoms with Gasteiger partial charge >= 0.3 is 5.97 Å². The molecule has 0 spiro atoms. The Morgan fingerprint density at radius 2 is 1.62 bits per heavy atom. The van der Waals surface area contributed by atoms with Crippen molar-refractivity contribution in [2.24, 2.45) is 0 Å². The molecule has 0 radical (unpaired) electrons. The zero-order valence-electron chi connectivity index (χ0n) is 14.8. The van der Waals surface area contributed by atoms with Crippen molar-refractivity contribution in [2.45, 2.75) is 16.3 Å². The first-order chi connectivity index (χ1) is 13.7. The van der Waals surface area contributed by atoms with E-state index in [0.29, 0.717) is 5.76 Å². The predicted molar refractivity (Wildman–Crippen MR) is 103 cm³/mol. The van der Waals surface area contributed by atoms with E-state index in [1.165, 1.54) is 30.5 Å². The van der Waals surface area contributed by atoms with E-state index >= 15 is 0 Å². The smallest absolute Gasteiger partial charge is 0.335 e. The summed E-state index contributed by atoms with van der Waals surface area (Å²) in [5.41, 5.74) is -0.0205. The first kappa shape index (κ1) is 20.6. The third kappa shape index (κ3) is 5.02. The fourth-order valence-electron chi connectivity index (χ4n) is 2.38. The summed E-state index contributed by atoms with van der Waals surface area (Å²) in [6.07, 6.45) is 1.42. The van der Waals surface area contributed by atoms with E-state index in [2.05, 4.69) is 9.44 Å². The zero-order valence-corrected chi connectivity index (χ0v) is 16.4. The van der Waals surface area contributed by atoms with Crippen LogP contribution in [-0.4, -0.2) is 27.9 Å². The van der Waals surface area contributed by atoms with Crippen molar-refractivity contribution in [1.82, 2.24) is 4.72 Å². The highest BCUT2D eigenvalue weighted by Crippen LogP contribution is 2.20. The topological polar surface area (TPSA) is 143 Å². The second-order valence-corrected chi connectivity index (χ2v) is 9.32. The highest BCUT2D eigenvalue weighted by molar-refractivity contribution is 7.92. The first-order valence-corrected chi connectivity index (χ1v) is 11.1. The Morgan fingerprint density at radius 1 is 0.897 bits per heavy atom. The van der Waals surface area contributed by atoms with Crippen LogP contribution in [0.1, 0.15) is 16.1 Å². The van der Waals surface area contributed by atoms with Gasteiger partial charge in [0, 0.05) is 0 Å². The van der Waals surface area contributed by atoms with Gasteiger partial charge < -0.3 is 9.52 Å². The second kappa shape index (κ2) is 8.07. The summed E-state index contributed by atoms with van der Waals surface area (Å²) in [5.74, 6) is -0.753. The van der Waals surface area contributed by atoms with Crippen LogP contribution >= 0.6 is 0 Å². The molecule has 1 heterocycles. The highest BCUT2D eigenvalue weighted by atomic mass is 32.2. The van der Waals surface area contributed by atoms with Crippen LogP contribution in [0.5, 0.6) is 0 Å². The van der Waals surface area contributed by atoms with E-state index in [1.807, 2.05) is 0 Å². The number of hydrogen-bond donors (Lipinski definition) is 3. The number of carboxylic acids is 1.